The van der Waals surface area contributed by atoms with E-state index in [1.165, 1.54) is 10.4 Å². The van der Waals surface area contributed by atoms with Crippen molar-refractivity contribution < 1.29 is 17.9 Å². The maximum absolute atomic E-state index is 13.5. The predicted molar refractivity (Wildman–Crippen MR) is 106 cm³/mol. The van der Waals surface area contributed by atoms with E-state index < -0.39 is 16.1 Å². The zero-order valence-electron chi connectivity index (χ0n) is 15.0. The molecule has 2 aromatic carbocycles. The average Bonchev–Trinajstić information content (AvgIpc) is 3.19. The molecule has 8 nitrogen and oxygen atoms in total. The lowest BCUT2D eigenvalue weighted by Gasteiger charge is -2.34. The fraction of sp³-hybridized carbons (Fsp3) is 0.278. The molecule has 10 heteroatoms. The Labute approximate surface area is 166 Å². The van der Waals surface area contributed by atoms with Crippen LogP contribution in [-0.2, 0) is 14.8 Å². The Hall–Kier alpha value is -2.72. The summed E-state index contributed by atoms with van der Waals surface area (Å²) < 4.78 is 42.3. The molecule has 0 aliphatic carbocycles. The second-order valence-electron chi connectivity index (χ2n) is 6.29. The molecule has 1 aliphatic rings. The summed E-state index contributed by atoms with van der Waals surface area (Å²) in [4.78, 5) is 12.5. The molecule has 0 fully saturated rings. The van der Waals surface area contributed by atoms with Gasteiger partial charge < -0.3 is 10.1 Å². The van der Waals surface area contributed by atoms with Gasteiger partial charge in [-0.2, -0.15) is 8.75 Å². The minimum Gasteiger partial charge on any atom is -0.476 e. The predicted octanol–water partition coefficient (Wildman–Crippen LogP) is 2.17. The van der Waals surface area contributed by atoms with E-state index in [1.54, 1.807) is 36.4 Å². The Morgan fingerprint density at radius 3 is 2.89 bits per heavy atom. The fourth-order valence-corrected chi connectivity index (χ4v) is 5.27. The van der Waals surface area contributed by atoms with Gasteiger partial charge in [0.25, 0.3) is 15.9 Å². The molecule has 2 heterocycles. The van der Waals surface area contributed by atoms with Crippen LogP contribution in [0.15, 0.2) is 47.4 Å². The van der Waals surface area contributed by atoms with E-state index in [4.69, 9.17) is 4.74 Å². The molecule has 0 spiro atoms. The van der Waals surface area contributed by atoms with E-state index in [2.05, 4.69) is 14.1 Å². The SMILES string of the molecule is CCCNC(=O)C1CN(S(=O)(=O)c2cccc3nsnc23)c2ccccc2O1. The number of nitrogens with zero attached hydrogens (tertiary/aromatic N) is 3. The van der Waals surface area contributed by atoms with Gasteiger partial charge in [0.05, 0.1) is 24.0 Å². The van der Waals surface area contributed by atoms with Gasteiger partial charge >= 0.3 is 0 Å². The van der Waals surface area contributed by atoms with Gasteiger partial charge in [0.2, 0.25) is 0 Å². The van der Waals surface area contributed by atoms with Gasteiger partial charge in [-0.25, -0.2) is 8.42 Å². The summed E-state index contributed by atoms with van der Waals surface area (Å²) in [5.74, 6) is 0.00244. The maximum atomic E-state index is 13.5. The molecular weight excluding hydrogens is 400 g/mol. The first kappa shape index (κ1) is 18.6. The van der Waals surface area contributed by atoms with Crippen molar-refractivity contribution in [2.75, 3.05) is 17.4 Å². The normalized spacial score (nSPS) is 16.5. The number of carbonyl (C=O) groups is 1. The molecule has 28 heavy (non-hydrogen) atoms. The highest BCUT2D eigenvalue weighted by Gasteiger charge is 2.38. The third kappa shape index (κ3) is 3.18. The van der Waals surface area contributed by atoms with Crippen LogP contribution in [0, 0.1) is 0 Å². The third-order valence-electron chi connectivity index (χ3n) is 4.39. The van der Waals surface area contributed by atoms with Gasteiger partial charge in [-0.1, -0.05) is 25.1 Å². The van der Waals surface area contributed by atoms with E-state index in [9.17, 15) is 13.2 Å². The highest BCUT2D eigenvalue weighted by Crippen LogP contribution is 2.37. The maximum Gasteiger partial charge on any atom is 0.266 e. The van der Waals surface area contributed by atoms with Crippen LogP contribution in [0.1, 0.15) is 13.3 Å². The first-order chi connectivity index (χ1) is 13.5. The molecule has 3 aromatic rings. The molecule has 146 valence electrons. The largest absolute Gasteiger partial charge is 0.476 e. The van der Waals surface area contributed by atoms with Gasteiger partial charge in [0, 0.05) is 6.54 Å². The zero-order chi connectivity index (χ0) is 19.7. The molecule has 4 rings (SSSR count). The Kier molecular flexibility index (Phi) is 4.90. The quantitative estimate of drug-likeness (QED) is 0.681. The summed E-state index contributed by atoms with van der Waals surface area (Å²) in [5, 5.41) is 2.76. The third-order valence-corrected chi connectivity index (χ3v) is 6.75. The van der Waals surface area contributed by atoms with Crippen LogP contribution in [0.25, 0.3) is 11.0 Å². The number of fused-ring (bicyclic) bond motifs is 2. The van der Waals surface area contributed by atoms with Crippen molar-refractivity contribution in [1.82, 2.24) is 14.1 Å². The Bertz CT molecular complexity index is 1130. The number of benzene rings is 2. The van der Waals surface area contributed by atoms with Crippen molar-refractivity contribution >= 4 is 44.4 Å². The van der Waals surface area contributed by atoms with E-state index in [0.29, 0.717) is 29.0 Å². The summed E-state index contributed by atoms with van der Waals surface area (Å²) in [6.07, 6.45) is -0.167. The van der Waals surface area contributed by atoms with Crippen LogP contribution in [0.3, 0.4) is 0 Å². The number of hydrogen-bond donors (Lipinski definition) is 1. The van der Waals surface area contributed by atoms with Crippen LogP contribution in [-0.4, -0.2) is 42.3 Å². The number of nitrogens with one attached hydrogen (secondary N) is 1. The summed E-state index contributed by atoms with van der Waals surface area (Å²) in [6.45, 7) is 2.32. The monoisotopic (exact) mass is 418 g/mol. The number of sulfonamides is 1. The Morgan fingerprint density at radius 1 is 1.25 bits per heavy atom. The van der Waals surface area contributed by atoms with Crippen molar-refractivity contribution in [2.24, 2.45) is 0 Å². The lowest BCUT2D eigenvalue weighted by molar-refractivity contribution is -0.127. The Morgan fingerprint density at radius 2 is 2.07 bits per heavy atom. The number of hydrogen-bond acceptors (Lipinski definition) is 7. The first-order valence-corrected chi connectivity index (χ1v) is 11.0. The second kappa shape index (κ2) is 7.36. The fourth-order valence-electron chi connectivity index (χ4n) is 3.04. The Balaban J connectivity index is 1.78. The molecule has 1 aliphatic heterocycles. The average molecular weight is 419 g/mol. The standard InChI is InChI=1S/C18H18N4O4S2/c1-2-10-19-18(23)15-11-22(13-7-3-4-8-14(13)26-15)28(24,25)16-9-5-6-12-17(16)21-27-20-12/h3-9,15H,2,10-11H2,1H3,(H,19,23). The molecule has 1 unspecified atom stereocenters. The highest BCUT2D eigenvalue weighted by molar-refractivity contribution is 7.93. The minimum atomic E-state index is -3.98. The van der Waals surface area contributed by atoms with E-state index >= 15 is 0 Å². The molecule has 0 saturated carbocycles. The lowest BCUT2D eigenvalue weighted by Crippen LogP contribution is -2.50. The van der Waals surface area contributed by atoms with Gasteiger partial charge in [-0.05, 0) is 30.7 Å². The number of aromatic nitrogens is 2. The van der Waals surface area contributed by atoms with Crippen molar-refractivity contribution in [3.8, 4) is 5.75 Å². The molecule has 0 saturated heterocycles. The number of amides is 1. The number of ether oxygens (including phenoxy) is 1. The summed E-state index contributed by atoms with van der Waals surface area (Å²) in [7, 11) is -3.98. The van der Waals surface area contributed by atoms with E-state index in [1.807, 2.05) is 6.92 Å². The summed E-state index contributed by atoms with van der Waals surface area (Å²) in [5.41, 5.74) is 1.23. The smallest absolute Gasteiger partial charge is 0.266 e. The summed E-state index contributed by atoms with van der Waals surface area (Å²) >= 11 is 0.958. The zero-order valence-corrected chi connectivity index (χ0v) is 16.7. The number of rotatable bonds is 5. The number of anilines is 1. The van der Waals surface area contributed by atoms with E-state index in [-0.39, 0.29) is 17.3 Å². The van der Waals surface area contributed by atoms with Crippen LogP contribution in [0.5, 0.6) is 5.75 Å². The van der Waals surface area contributed by atoms with E-state index in [0.717, 1.165) is 18.1 Å². The lowest BCUT2D eigenvalue weighted by atomic mass is 10.2. The minimum absolute atomic E-state index is 0.0585. The van der Waals surface area contributed by atoms with Crippen LogP contribution in [0.2, 0.25) is 0 Å². The van der Waals surface area contributed by atoms with Gasteiger partial charge in [0.1, 0.15) is 21.7 Å². The summed E-state index contributed by atoms with van der Waals surface area (Å²) in [6, 6.07) is 11.6. The van der Waals surface area contributed by atoms with Crippen molar-refractivity contribution in [1.29, 1.82) is 0 Å². The van der Waals surface area contributed by atoms with Crippen molar-refractivity contribution in [3.63, 3.8) is 0 Å². The van der Waals surface area contributed by atoms with Gasteiger partial charge in [-0.15, -0.1) is 0 Å². The van der Waals surface area contributed by atoms with Crippen LogP contribution >= 0.6 is 11.7 Å². The molecular formula is C18H18N4O4S2. The van der Waals surface area contributed by atoms with Gasteiger partial charge in [-0.3, -0.25) is 9.10 Å². The van der Waals surface area contributed by atoms with Gasteiger partial charge in [0.15, 0.2) is 6.10 Å². The van der Waals surface area contributed by atoms with Crippen molar-refractivity contribution in [2.45, 2.75) is 24.3 Å². The van der Waals surface area contributed by atoms with Crippen LogP contribution < -0.4 is 14.4 Å². The molecule has 1 atom stereocenters. The second-order valence-corrected chi connectivity index (χ2v) is 8.65. The molecule has 1 amide bonds. The first-order valence-electron chi connectivity index (χ1n) is 8.80. The van der Waals surface area contributed by atoms with Crippen LogP contribution in [0.4, 0.5) is 5.69 Å². The number of carbonyl (C=O) groups excluding carboxylic acids is 1. The highest BCUT2D eigenvalue weighted by atomic mass is 32.2. The topological polar surface area (TPSA) is 101 Å². The molecule has 0 radical (unpaired) electrons. The molecule has 1 aromatic heterocycles. The van der Waals surface area contributed by atoms with Crippen molar-refractivity contribution in [3.05, 3.63) is 42.5 Å². The molecule has 1 N–H and O–H groups in total. The molecule has 0 bridgehead atoms. The number of para-hydroxylation sites is 2.